The van der Waals surface area contributed by atoms with E-state index in [-0.39, 0.29) is 6.54 Å². The Labute approximate surface area is 193 Å². The molecule has 0 spiro atoms. The fourth-order valence-corrected chi connectivity index (χ4v) is 3.47. The maximum Gasteiger partial charge on any atom is 0.426 e. The van der Waals surface area contributed by atoms with Crippen molar-refractivity contribution >= 4 is 18.1 Å². The Morgan fingerprint density at radius 2 is 1.73 bits per heavy atom. The van der Waals surface area contributed by atoms with Crippen LogP contribution in [0.1, 0.15) is 31.9 Å². The second kappa shape index (κ2) is 9.68. The molecule has 2 aromatic rings. The van der Waals surface area contributed by atoms with Crippen LogP contribution in [0.15, 0.2) is 49.2 Å². The lowest BCUT2D eigenvalue weighted by molar-refractivity contribution is -0.128. The molecule has 1 aliphatic rings. The number of methoxy groups -OCH3 is 2. The van der Waals surface area contributed by atoms with Gasteiger partial charge < -0.3 is 18.9 Å². The Kier molecular flexibility index (Phi) is 6.96. The van der Waals surface area contributed by atoms with Crippen molar-refractivity contribution < 1.29 is 28.5 Å². The zero-order valence-corrected chi connectivity index (χ0v) is 19.4. The van der Waals surface area contributed by atoms with Gasteiger partial charge in [-0.05, 0) is 56.2 Å². The zero-order valence-electron chi connectivity index (χ0n) is 19.4. The molecule has 0 fully saturated rings. The van der Waals surface area contributed by atoms with E-state index in [0.29, 0.717) is 22.8 Å². The number of ether oxygens (including phenoxy) is 4. The van der Waals surface area contributed by atoms with Crippen LogP contribution in [-0.4, -0.2) is 36.9 Å². The number of rotatable bonds is 6. The molecular formula is C25H28N2O6. The van der Waals surface area contributed by atoms with Crippen molar-refractivity contribution in [3.63, 3.8) is 0 Å². The molecular weight excluding hydrogens is 424 g/mol. The highest BCUT2D eigenvalue weighted by Gasteiger charge is 2.25. The Hall–Kier alpha value is -3.94. The Balaban J connectivity index is 2.09. The summed E-state index contributed by atoms with van der Waals surface area (Å²) in [6, 6.07) is 9.05. The highest BCUT2D eigenvalue weighted by atomic mass is 16.6. The summed E-state index contributed by atoms with van der Waals surface area (Å²) in [4.78, 5) is 24.2. The van der Waals surface area contributed by atoms with Crippen molar-refractivity contribution in [2.75, 3.05) is 14.2 Å². The molecule has 3 rings (SSSR count). The maximum absolute atomic E-state index is 12.3. The molecule has 1 aliphatic heterocycles. The molecule has 8 heteroatoms. The molecule has 0 aliphatic carbocycles. The SMILES string of the molecule is C=CC(=O)Oc1ccc(-c2c(OC)cccc2OC)c2c1C=CN(NC(=O)OC(C)(C)C)C2. The van der Waals surface area contributed by atoms with Crippen LogP contribution in [0.3, 0.4) is 0 Å². The molecule has 0 radical (unpaired) electrons. The van der Waals surface area contributed by atoms with Gasteiger partial charge in [-0.2, -0.15) is 0 Å². The Morgan fingerprint density at radius 3 is 2.30 bits per heavy atom. The van der Waals surface area contributed by atoms with Crippen LogP contribution in [0.25, 0.3) is 17.2 Å². The first-order valence-electron chi connectivity index (χ1n) is 10.3. The summed E-state index contributed by atoms with van der Waals surface area (Å²) in [6.07, 6.45) is 3.96. The number of amides is 1. The van der Waals surface area contributed by atoms with Gasteiger partial charge in [-0.1, -0.05) is 18.7 Å². The number of benzene rings is 2. The van der Waals surface area contributed by atoms with E-state index in [2.05, 4.69) is 12.0 Å². The first-order valence-corrected chi connectivity index (χ1v) is 10.3. The molecule has 1 amide bonds. The summed E-state index contributed by atoms with van der Waals surface area (Å²) in [5.74, 6) is 1.05. The Bertz CT molecular complexity index is 1080. The van der Waals surface area contributed by atoms with Crippen molar-refractivity contribution in [2.24, 2.45) is 0 Å². The van der Waals surface area contributed by atoms with Gasteiger partial charge in [0.15, 0.2) is 0 Å². The molecule has 0 saturated carbocycles. The number of nitrogens with one attached hydrogen (secondary N) is 1. The molecule has 174 valence electrons. The third-order valence-corrected chi connectivity index (χ3v) is 4.77. The van der Waals surface area contributed by atoms with Gasteiger partial charge in [0.2, 0.25) is 0 Å². The highest BCUT2D eigenvalue weighted by molar-refractivity contribution is 5.87. The molecule has 0 unspecified atom stereocenters. The van der Waals surface area contributed by atoms with Crippen LogP contribution in [0.5, 0.6) is 17.2 Å². The van der Waals surface area contributed by atoms with E-state index >= 15 is 0 Å². The smallest absolute Gasteiger partial charge is 0.426 e. The molecule has 2 aromatic carbocycles. The Morgan fingerprint density at radius 1 is 1.06 bits per heavy atom. The van der Waals surface area contributed by atoms with Crippen LogP contribution >= 0.6 is 0 Å². The van der Waals surface area contributed by atoms with E-state index in [4.69, 9.17) is 18.9 Å². The largest absolute Gasteiger partial charge is 0.496 e. The molecule has 1 heterocycles. The van der Waals surface area contributed by atoms with Gasteiger partial charge in [0.25, 0.3) is 0 Å². The molecule has 8 nitrogen and oxygen atoms in total. The summed E-state index contributed by atoms with van der Waals surface area (Å²) < 4.78 is 22.0. The minimum Gasteiger partial charge on any atom is -0.496 e. The van der Waals surface area contributed by atoms with Crippen LogP contribution in [0.4, 0.5) is 4.79 Å². The van der Waals surface area contributed by atoms with E-state index in [1.807, 2.05) is 24.3 Å². The zero-order chi connectivity index (χ0) is 24.2. The van der Waals surface area contributed by atoms with Gasteiger partial charge >= 0.3 is 12.1 Å². The fourth-order valence-electron chi connectivity index (χ4n) is 3.47. The maximum atomic E-state index is 12.3. The van der Waals surface area contributed by atoms with E-state index < -0.39 is 17.7 Å². The van der Waals surface area contributed by atoms with Gasteiger partial charge in [-0.3, -0.25) is 5.01 Å². The lowest BCUT2D eigenvalue weighted by Crippen LogP contribution is -2.42. The summed E-state index contributed by atoms with van der Waals surface area (Å²) in [7, 11) is 3.17. The average molecular weight is 453 g/mol. The molecule has 0 aromatic heterocycles. The van der Waals surface area contributed by atoms with Crippen molar-refractivity contribution in [1.29, 1.82) is 0 Å². The topological polar surface area (TPSA) is 86.3 Å². The standard InChI is InChI=1S/C25H28N2O6/c1-7-22(28)32-19-12-11-17(23-20(30-5)9-8-10-21(23)31-6)18-15-27(14-13-16(18)19)26-24(29)33-25(2,3)4/h7-14H,1,15H2,2-6H3,(H,26,29). The summed E-state index contributed by atoms with van der Waals surface area (Å²) in [5, 5.41) is 1.60. The monoisotopic (exact) mass is 452 g/mol. The van der Waals surface area contributed by atoms with Gasteiger partial charge in [0.05, 0.1) is 26.3 Å². The second-order valence-electron chi connectivity index (χ2n) is 8.22. The predicted molar refractivity (Wildman–Crippen MR) is 125 cm³/mol. The van der Waals surface area contributed by atoms with Crippen LogP contribution < -0.4 is 19.6 Å². The van der Waals surface area contributed by atoms with Crippen molar-refractivity contribution in [3.8, 4) is 28.4 Å². The average Bonchev–Trinajstić information content (AvgIpc) is 2.77. The quantitative estimate of drug-likeness (QED) is 0.387. The normalized spacial score (nSPS) is 12.5. The van der Waals surface area contributed by atoms with Crippen LogP contribution in [0, 0.1) is 0 Å². The van der Waals surface area contributed by atoms with Crippen LogP contribution in [-0.2, 0) is 16.1 Å². The number of hydrogen-bond acceptors (Lipinski definition) is 7. The number of hydrogen-bond donors (Lipinski definition) is 1. The summed E-state index contributed by atoms with van der Waals surface area (Å²) >= 11 is 0. The number of hydrazine groups is 1. The lowest BCUT2D eigenvalue weighted by Gasteiger charge is -2.30. The van der Waals surface area contributed by atoms with Gasteiger partial charge in [-0.25, -0.2) is 15.0 Å². The van der Waals surface area contributed by atoms with E-state index in [0.717, 1.165) is 22.8 Å². The fraction of sp³-hybridized carbons (Fsp3) is 0.280. The number of carbonyl (C=O) groups excluding carboxylic acids is 2. The van der Waals surface area contributed by atoms with Gasteiger partial charge in [-0.15, -0.1) is 0 Å². The molecule has 0 atom stereocenters. The summed E-state index contributed by atoms with van der Waals surface area (Å²) in [6.45, 7) is 9.11. The van der Waals surface area contributed by atoms with E-state index in [1.165, 1.54) is 0 Å². The third-order valence-electron chi connectivity index (χ3n) is 4.77. The minimum atomic E-state index is -0.635. The number of nitrogens with zero attached hydrogens (tertiary/aromatic N) is 1. The highest BCUT2D eigenvalue weighted by Crippen LogP contribution is 2.44. The molecule has 0 saturated heterocycles. The van der Waals surface area contributed by atoms with Crippen molar-refractivity contribution in [2.45, 2.75) is 32.9 Å². The van der Waals surface area contributed by atoms with Crippen molar-refractivity contribution in [3.05, 3.63) is 60.3 Å². The van der Waals surface area contributed by atoms with Crippen molar-refractivity contribution in [1.82, 2.24) is 10.4 Å². The lowest BCUT2D eigenvalue weighted by atomic mass is 9.92. The number of carbonyl (C=O) groups is 2. The van der Waals surface area contributed by atoms with E-state index in [9.17, 15) is 9.59 Å². The first kappa shape index (κ1) is 23.7. The first-order chi connectivity index (χ1) is 15.7. The molecule has 0 bridgehead atoms. The van der Waals surface area contributed by atoms with Gasteiger partial charge in [0.1, 0.15) is 22.8 Å². The second-order valence-corrected chi connectivity index (χ2v) is 8.22. The predicted octanol–water partition coefficient (Wildman–Crippen LogP) is 4.69. The third kappa shape index (κ3) is 5.46. The summed E-state index contributed by atoms with van der Waals surface area (Å²) in [5.41, 5.74) is 5.12. The van der Waals surface area contributed by atoms with Gasteiger partial charge in [0, 0.05) is 17.8 Å². The number of esters is 1. The number of fused-ring (bicyclic) bond motifs is 1. The van der Waals surface area contributed by atoms with Crippen LogP contribution in [0.2, 0.25) is 0 Å². The molecule has 33 heavy (non-hydrogen) atoms. The minimum absolute atomic E-state index is 0.279. The molecule has 1 N–H and O–H groups in total. The van der Waals surface area contributed by atoms with E-state index in [1.54, 1.807) is 58.3 Å².